The van der Waals surface area contributed by atoms with Crippen molar-refractivity contribution in [2.75, 3.05) is 18.4 Å². The number of thiazole rings is 1. The predicted octanol–water partition coefficient (Wildman–Crippen LogP) is 4.86. The van der Waals surface area contributed by atoms with Gasteiger partial charge in [0.15, 0.2) is 5.13 Å². The van der Waals surface area contributed by atoms with Crippen LogP contribution in [0.4, 0.5) is 13.9 Å². The number of likely N-dealkylation sites (tertiary alicyclic amines) is 1. The standard InChI is InChI=1S/C19H16ClF2N3OS/c1-10-2-3-14(20)13(6-10)18(26)25-5-4-12(9-25)23-19-24-16-8-11(21)7-15(22)17(16)27-19/h2-3,6-8,12H,4-5,9H2,1H3,(H,23,24)/t12-/m1/s1. The van der Waals surface area contributed by atoms with Crippen molar-refractivity contribution in [2.24, 2.45) is 0 Å². The fourth-order valence-corrected chi connectivity index (χ4v) is 4.36. The van der Waals surface area contributed by atoms with Crippen LogP contribution in [-0.4, -0.2) is 34.9 Å². The van der Waals surface area contributed by atoms with Crippen molar-refractivity contribution >= 4 is 44.2 Å². The SMILES string of the molecule is Cc1ccc(Cl)c(C(=O)N2CC[C@@H](Nc3nc4cc(F)cc(F)c4s3)C2)c1. The number of halogens is 3. The van der Waals surface area contributed by atoms with Crippen molar-refractivity contribution in [2.45, 2.75) is 19.4 Å². The molecule has 1 fully saturated rings. The van der Waals surface area contributed by atoms with Gasteiger partial charge in [-0.25, -0.2) is 13.8 Å². The Bertz CT molecular complexity index is 1040. The Balaban J connectivity index is 1.48. The smallest absolute Gasteiger partial charge is 0.255 e. The normalized spacial score (nSPS) is 16.9. The van der Waals surface area contributed by atoms with E-state index in [2.05, 4.69) is 10.3 Å². The number of amides is 1. The molecule has 0 spiro atoms. The predicted molar refractivity (Wildman–Crippen MR) is 104 cm³/mol. The summed E-state index contributed by atoms with van der Waals surface area (Å²) in [5, 5.41) is 4.18. The minimum atomic E-state index is -0.649. The molecule has 1 aromatic heterocycles. The third-order valence-electron chi connectivity index (χ3n) is 4.56. The second-order valence-electron chi connectivity index (χ2n) is 6.62. The summed E-state index contributed by atoms with van der Waals surface area (Å²) >= 11 is 7.31. The fraction of sp³-hybridized carbons (Fsp3) is 0.263. The lowest BCUT2D eigenvalue weighted by molar-refractivity contribution is 0.0791. The lowest BCUT2D eigenvalue weighted by atomic mass is 10.1. The molecule has 3 aromatic rings. The molecule has 2 heterocycles. The molecule has 0 radical (unpaired) electrons. The Labute approximate surface area is 163 Å². The van der Waals surface area contributed by atoms with Crippen molar-refractivity contribution in [3.8, 4) is 0 Å². The zero-order valence-corrected chi connectivity index (χ0v) is 16.0. The zero-order valence-electron chi connectivity index (χ0n) is 14.4. The zero-order chi connectivity index (χ0) is 19.1. The van der Waals surface area contributed by atoms with Crippen LogP contribution in [0.25, 0.3) is 10.2 Å². The Morgan fingerprint density at radius 1 is 1.33 bits per heavy atom. The molecule has 0 aliphatic carbocycles. The molecule has 27 heavy (non-hydrogen) atoms. The van der Waals surface area contributed by atoms with Gasteiger partial charge in [0.1, 0.15) is 11.6 Å². The maximum absolute atomic E-state index is 13.8. The summed E-state index contributed by atoms with van der Waals surface area (Å²) in [5.74, 6) is -1.37. The van der Waals surface area contributed by atoms with Crippen LogP contribution >= 0.6 is 22.9 Å². The van der Waals surface area contributed by atoms with E-state index in [-0.39, 0.29) is 17.5 Å². The molecule has 140 valence electrons. The topological polar surface area (TPSA) is 45.2 Å². The van der Waals surface area contributed by atoms with E-state index in [1.165, 1.54) is 6.07 Å². The lowest BCUT2D eigenvalue weighted by Gasteiger charge is -2.18. The Hall–Kier alpha value is -2.25. The molecule has 4 rings (SSSR count). The summed E-state index contributed by atoms with van der Waals surface area (Å²) in [4.78, 5) is 18.7. The van der Waals surface area contributed by atoms with E-state index in [9.17, 15) is 13.6 Å². The van der Waals surface area contributed by atoms with Crippen molar-refractivity contribution in [1.29, 1.82) is 0 Å². The summed E-state index contributed by atoms with van der Waals surface area (Å²) in [6, 6.07) is 7.44. The van der Waals surface area contributed by atoms with Gasteiger partial charge in [0.2, 0.25) is 0 Å². The van der Waals surface area contributed by atoms with Gasteiger partial charge in [0, 0.05) is 31.3 Å². The molecule has 8 heteroatoms. The van der Waals surface area contributed by atoms with Crippen molar-refractivity contribution in [3.63, 3.8) is 0 Å². The molecule has 0 saturated carbocycles. The van der Waals surface area contributed by atoms with Gasteiger partial charge in [-0.2, -0.15) is 0 Å². The highest BCUT2D eigenvalue weighted by Crippen LogP contribution is 2.30. The Morgan fingerprint density at radius 3 is 2.96 bits per heavy atom. The van der Waals surface area contributed by atoms with Gasteiger partial charge in [-0.05, 0) is 25.5 Å². The second-order valence-corrected chi connectivity index (χ2v) is 8.03. The number of aromatic nitrogens is 1. The number of anilines is 1. The van der Waals surface area contributed by atoms with Crippen LogP contribution < -0.4 is 5.32 Å². The average Bonchev–Trinajstić information content (AvgIpc) is 3.23. The van der Waals surface area contributed by atoms with Crippen molar-refractivity contribution < 1.29 is 13.6 Å². The van der Waals surface area contributed by atoms with E-state index in [1.807, 2.05) is 13.0 Å². The summed E-state index contributed by atoms with van der Waals surface area (Å²) < 4.78 is 27.5. The first-order valence-corrected chi connectivity index (χ1v) is 9.67. The average molecular weight is 408 g/mol. The first-order chi connectivity index (χ1) is 12.9. The summed E-state index contributed by atoms with van der Waals surface area (Å²) in [6.45, 7) is 3.00. The van der Waals surface area contributed by atoms with E-state index < -0.39 is 11.6 Å². The van der Waals surface area contributed by atoms with E-state index in [4.69, 9.17) is 11.6 Å². The maximum Gasteiger partial charge on any atom is 0.255 e. The third-order valence-corrected chi connectivity index (χ3v) is 5.91. The molecule has 1 aliphatic heterocycles. The number of hydrogen-bond acceptors (Lipinski definition) is 4. The Kier molecular flexibility index (Phi) is 4.74. The van der Waals surface area contributed by atoms with Crippen LogP contribution in [0.2, 0.25) is 5.02 Å². The molecule has 1 atom stereocenters. The molecule has 1 N–H and O–H groups in total. The van der Waals surface area contributed by atoms with Gasteiger partial charge in [-0.3, -0.25) is 4.79 Å². The van der Waals surface area contributed by atoms with Gasteiger partial charge in [0.25, 0.3) is 5.91 Å². The number of fused-ring (bicyclic) bond motifs is 1. The molecule has 4 nitrogen and oxygen atoms in total. The largest absolute Gasteiger partial charge is 0.357 e. The minimum absolute atomic E-state index is 0.00833. The quantitative estimate of drug-likeness (QED) is 0.674. The number of aryl methyl sites for hydroxylation is 1. The third kappa shape index (κ3) is 3.61. The van der Waals surface area contributed by atoms with Gasteiger partial charge in [-0.1, -0.05) is 34.6 Å². The summed E-state index contributed by atoms with van der Waals surface area (Å²) in [6.07, 6.45) is 0.738. The van der Waals surface area contributed by atoms with Crippen LogP contribution in [0, 0.1) is 18.6 Å². The number of carbonyl (C=O) groups excluding carboxylic acids is 1. The number of carbonyl (C=O) groups is 1. The fourth-order valence-electron chi connectivity index (χ4n) is 3.23. The first-order valence-electron chi connectivity index (χ1n) is 8.48. The highest BCUT2D eigenvalue weighted by molar-refractivity contribution is 7.22. The van der Waals surface area contributed by atoms with Crippen LogP contribution in [0.5, 0.6) is 0 Å². The second kappa shape index (κ2) is 7.05. The summed E-state index contributed by atoms with van der Waals surface area (Å²) in [5.41, 5.74) is 1.76. The molecular weight excluding hydrogens is 392 g/mol. The molecule has 0 unspecified atom stereocenters. The van der Waals surface area contributed by atoms with E-state index in [0.29, 0.717) is 33.5 Å². The maximum atomic E-state index is 13.8. The van der Waals surface area contributed by atoms with Gasteiger partial charge >= 0.3 is 0 Å². The molecule has 1 amide bonds. The van der Waals surface area contributed by atoms with Crippen LogP contribution in [-0.2, 0) is 0 Å². The molecule has 1 saturated heterocycles. The highest BCUT2D eigenvalue weighted by atomic mass is 35.5. The van der Waals surface area contributed by atoms with Crippen LogP contribution in [0.1, 0.15) is 22.3 Å². The molecule has 2 aromatic carbocycles. The minimum Gasteiger partial charge on any atom is -0.357 e. The van der Waals surface area contributed by atoms with Crippen molar-refractivity contribution in [1.82, 2.24) is 9.88 Å². The number of benzene rings is 2. The van der Waals surface area contributed by atoms with Crippen molar-refractivity contribution in [3.05, 3.63) is 58.1 Å². The van der Waals surface area contributed by atoms with Gasteiger partial charge < -0.3 is 10.2 Å². The van der Waals surface area contributed by atoms with Gasteiger partial charge in [-0.15, -0.1) is 0 Å². The summed E-state index contributed by atoms with van der Waals surface area (Å²) in [7, 11) is 0. The first kappa shape index (κ1) is 18.1. The highest BCUT2D eigenvalue weighted by Gasteiger charge is 2.28. The van der Waals surface area contributed by atoms with E-state index in [1.54, 1.807) is 17.0 Å². The van der Waals surface area contributed by atoms with Crippen LogP contribution in [0.15, 0.2) is 30.3 Å². The number of hydrogen-bond donors (Lipinski definition) is 1. The number of rotatable bonds is 3. The van der Waals surface area contributed by atoms with E-state index in [0.717, 1.165) is 29.4 Å². The Morgan fingerprint density at radius 2 is 2.15 bits per heavy atom. The van der Waals surface area contributed by atoms with Gasteiger partial charge in [0.05, 0.1) is 20.8 Å². The number of nitrogens with zero attached hydrogens (tertiary/aromatic N) is 2. The van der Waals surface area contributed by atoms with Crippen LogP contribution in [0.3, 0.4) is 0 Å². The molecule has 0 bridgehead atoms. The molecular formula is C19H16ClF2N3OS. The molecule has 1 aliphatic rings. The monoisotopic (exact) mass is 407 g/mol. The van der Waals surface area contributed by atoms with E-state index >= 15 is 0 Å². The number of nitrogens with one attached hydrogen (secondary N) is 1. The lowest BCUT2D eigenvalue weighted by Crippen LogP contribution is -2.31.